The molecule has 1 amide bonds. The SMILES string of the molecule is C=C/C=C(\C=C)NC(=O)/C(C#N)=C(/C)O. The standard InChI is InChI=1S/C11H12N2O2/c1-4-6-9(5-2)13-11(15)10(7-12)8(3)14/h4-6,14H,1-2H2,3H3,(H,13,15)/b9-6+,10-8-. The lowest BCUT2D eigenvalue weighted by molar-refractivity contribution is -0.116. The summed E-state index contributed by atoms with van der Waals surface area (Å²) in [6.07, 6.45) is 4.40. The van der Waals surface area contributed by atoms with Gasteiger partial charge in [0.1, 0.15) is 11.8 Å². The van der Waals surface area contributed by atoms with E-state index in [1.807, 2.05) is 0 Å². The molecule has 0 aliphatic rings. The van der Waals surface area contributed by atoms with Crippen LogP contribution in [0.4, 0.5) is 0 Å². The number of amides is 1. The maximum atomic E-state index is 11.4. The average molecular weight is 204 g/mol. The van der Waals surface area contributed by atoms with Crippen LogP contribution in [0.15, 0.2) is 48.4 Å². The van der Waals surface area contributed by atoms with Crippen LogP contribution in [-0.4, -0.2) is 11.0 Å². The van der Waals surface area contributed by atoms with Gasteiger partial charge in [0.15, 0.2) is 5.57 Å². The molecule has 0 atom stereocenters. The molecule has 0 aromatic carbocycles. The summed E-state index contributed by atoms with van der Waals surface area (Å²) in [7, 11) is 0. The first-order valence-electron chi connectivity index (χ1n) is 4.13. The van der Waals surface area contributed by atoms with Crippen LogP contribution >= 0.6 is 0 Å². The highest BCUT2D eigenvalue weighted by molar-refractivity contribution is 5.98. The van der Waals surface area contributed by atoms with Crippen LogP contribution in [0.5, 0.6) is 0 Å². The molecule has 0 fully saturated rings. The van der Waals surface area contributed by atoms with Crippen LogP contribution < -0.4 is 5.32 Å². The minimum atomic E-state index is -0.675. The van der Waals surface area contributed by atoms with Crippen LogP contribution in [-0.2, 0) is 4.79 Å². The highest BCUT2D eigenvalue weighted by Gasteiger charge is 2.12. The van der Waals surface area contributed by atoms with Gasteiger partial charge in [-0.15, -0.1) is 0 Å². The van der Waals surface area contributed by atoms with Gasteiger partial charge >= 0.3 is 0 Å². The predicted octanol–water partition coefficient (Wildman–Crippen LogP) is 1.71. The minimum Gasteiger partial charge on any atom is -0.511 e. The van der Waals surface area contributed by atoms with Gasteiger partial charge in [0.2, 0.25) is 0 Å². The average Bonchev–Trinajstić information content (AvgIpc) is 2.17. The van der Waals surface area contributed by atoms with Gasteiger partial charge in [0.25, 0.3) is 5.91 Å². The number of nitrogens with one attached hydrogen (secondary N) is 1. The number of hydrogen-bond donors (Lipinski definition) is 2. The molecule has 78 valence electrons. The maximum Gasteiger partial charge on any atom is 0.269 e. The van der Waals surface area contributed by atoms with Crippen molar-refractivity contribution in [3.63, 3.8) is 0 Å². The molecule has 0 aromatic heterocycles. The number of nitriles is 1. The molecule has 0 unspecified atom stereocenters. The van der Waals surface area contributed by atoms with Gasteiger partial charge in [-0.25, -0.2) is 0 Å². The molecule has 0 saturated heterocycles. The van der Waals surface area contributed by atoms with Crippen molar-refractivity contribution in [3.05, 3.63) is 48.4 Å². The molecule has 0 rings (SSSR count). The Morgan fingerprint density at radius 1 is 1.53 bits per heavy atom. The van der Waals surface area contributed by atoms with Crippen molar-refractivity contribution in [1.82, 2.24) is 5.32 Å². The second kappa shape index (κ2) is 6.22. The largest absolute Gasteiger partial charge is 0.511 e. The lowest BCUT2D eigenvalue weighted by atomic mass is 10.2. The zero-order chi connectivity index (χ0) is 11.8. The summed E-state index contributed by atoms with van der Waals surface area (Å²) in [5, 5.41) is 20.0. The van der Waals surface area contributed by atoms with Gasteiger partial charge < -0.3 is 10.4 Å². The molecule has 0 spiro atoms. The summed E-state index contributed by atoms with van der Waals surface area (Å²) in [6, 6.07) is 1.60. The Balaban J connectivity index is 4.85. The van der Waals surface area contributed by atoms with E-state index in [-0.39, 0.29) is 11.3 Å². The maximum absolute atomic E-state index is 11.4. The van der Waals surface area contributed by atoms with Gasteiger partial charge in [0.05, 0.1) is 0 Å². The molecular weight excluding hydrogens is 192 g/mol. The normalized spacial score (nSPS) is 12.1. The van der Waals surface area contributed by atoms with Crippen LogP contribution in [0, 0.1) is 11.3 Å². The number of carbonyl (C=O) groups excluding carboxylic acids is 1. The summed E-state index contributed by atoms with van der Waals surface area (Å²) in [5.74, 6) is -0.998. The molecule has 0 radical (unpaired) electrons. The van der Waals surface area contributed by atoms with Crippen molar-refractivity contribution in [3.8, 4) is 6.07 Å². The van der Waals surface area contributed by atoms with Gasteiger partial charge in [-0.05, 0) is 19.1 Å². The van der Waals surface area contributed by atoms with Crippen molar-refractivity contribution in [1.29, 1.82) is 5.26 Å². The Morgan fingerprint density at radius 2 is 2.13 bits per heavy atom. The Morgan fingerprint density at radius 3 is 2.47 bits per heavy atom. The fourth-order valence-corrected chi connectivity index (χ4v) is 0.777. The number of rotatable bonds is 4. The van der Waals surface area contributed by atoms with E-state index in [1.54, 1.807) is 6.07 Å². The highest BCUT2D eigenvalue weighted by Crippen LogP contribution is 2.01. The summed E-state index contributed by atoms with van der Waals surface area (Å²) < 4.78 is 0. The second-order valence-corrected chi connectivity index (χ2v) is 2.59. The molecule has 15 heavy (non-hydrogen) atoms. The third kappa shape index (κ3) is 3.96. The highest BCUT2D eigenvalue weighted by atomic mass is 16.3. The van der Waals surface area contributed by atoms with Crippen LogP contribution in [0.25, 0.3) is 0 Å². The molecule has 0 aromatic rings. The number of carbonyl (C=O) groups is 1. The second-order valence-electron chi connectivity index (χ2n) is 2.59. The zero-order valence-electron chi connectivity index (χ0n) is 8.45. The molecule has 0 saturated carbocycles. The van der Waals surface area contributed by atoms with Crippen LogP contribution in [0.2, 0.25) is 0 Å². The number of nitrogens with zero attached hydrogens (tertiary/aromatic N) is 1. The van der Waals surface area contributed by atoms with Gasteiger partial charge in [-0.1, -0.05) is 19.2 Å². The van der Waals surface area contributed by atoms with Gasteiger partial charge in [0, 0.05) is 5.70 Å². The molecule has 0 bridgehead atoms. The van der Waals surface area contributed by atoms with Crippen molar-refractivity contribution < 1.29 is 9.90 Å². The Labute approximate surface area is 88.5 Å². The summed E-state index contributed by atoms with van der Waals surface area (Å²) >= 11 is 0. The summed E-state index contributed by atoms with van der Waals surface area (Å²) in [5.41, 5.74) is 0.0795. The first kappa shape index (κ1) is 12.7. The Kier molecular flexibility index (Phi) is 5.27. The third-order valence-corrected chi connectivity index (χ3v) is 1.48. The number of aliphatic hydroxyl groups excluding tert-OH is 1. The van der Waals surface area contributed by atoms with Crippen molar-refractivity contribution in [2.24, 2.45) is 0 Å². The molecular formula is C11H12N2O2. The van der Waals surface area contributed by atoms with E-state index in [0.29, 0.717) is 5.70 Å². The van der Waals surface area contributed by atoms with E-state index in [1.165, 1.54) is 25.2 Å². The number of aliphatic hydroxyl groups is 1. The first-order valence-corrected chi connectivity index (χ1v) is 4.13. The van der Waals surface area contributed by atoms with E-state index in [9.17, 15) is 4.79 Å². The van der Waals surface area contributed by atoms with E-state index in [0.717, 1.165) is 0 Å². The van der Waals surface area contributed by atoms with Crippen molar-refractivity contribution in [2.75, 3.05) is 0 Å². The van der Waals surface area contributed by atoms with Gasteiger partial charge in [-0.3, -0.25) is 4.79 Å². The molecule has 4 heteroatoms. The quantitative estimate of drug-likeness (QED) is 0.317. The fraction of sp³-hybridized carbons (Fsp3) is 0.0909. The monoisotopic (exact) mass is 204 g/mol. The molecule has 4 nitrogen and oxygen atoms in total. The number of allylic oxidation sites excluding steroid dienone is 4. The molecule has 2 N–H and O–H groups in total. The van der Waals surface area contributed by atoms with Crippen LogP contribution in [0.1, 0.15) is 6.92 Å². The van der Waals surface area contributed by atoms with Gasteiger partial charge in [-0.2, -0.15) is 5.26 Å². The van der Waals surface area contributed by atoms with E-state index < -0.39 is 5.91 Å². The zero-order valence-corrected chi connectivity index (χ0v) is 8.45. The third-order valence-electron chi connectivity index (χ3n) is 1.48. The Hall–Kier alpha value is -2.28. The Bertz CT molecular complexity index is 380. The smallest absolute Gasteiger partial charge is 0.269 e. The van der Waals surface area contributed by atoms with E-state index in [2.05, 4.69) is 18.5 Å². The van der Waals surface area contributed by atoms with Crippen molar-refractivity contribution in [2.45, 2.75) is 6.92 Å². The lowest BCUT2D eigenvalue weighted by Crippen LogP contribution is -2.23. The van der Waals surface area contributed by atoms with Crippen molar-refractivity contribution >= 4 is 5.91 Å². The first-order chi connectivity index (χ1) is 7.06. The molecule has 0 aliphatic heterocycles. The summed E-state index contributed by atoms with van der Waals surface area (Å²) in [6.45, 7) is 8.19. The lowest BCUT2D eigenvalue weighted by Gasteiger charge is -2.04. The predicted molar refractivity (Wildman–Crippen MR) is 57.6 cm³/mol. The topological polar surface area (TPSA) is 73.1 Å². The van der Waals surface area contributed by atoms with E-state index >= 15 is 0 Å². The van der Waals surface area contributed by atoms with E-state index in [4.69, 9.17) is 10.4 Å². The summed E-state index contributed by atoms with van der Waals surface area (Å²) in [4.78, 5) is 11.4. The molecule has 0 heterocycles. The molecule has 0 aliphatic carbocycles. The minimum absolute atomic E-state index is 0.322. The van der Waals surface area contributed by atoms with Crippen LogP contribution in [0.3, 0.4) is 0 Å². The fourth-order valence-electron chi connectivity index (χ4n) is 0.777. The number of hydrogen-bond acceptors (Lipinski definition) is 3.